The van der Waals surface area contributed by atoms with Crippen LogP contribution in [0.5, 0.6) is 11.5 Å². The van der Waals surface area contributed by atoms with E-state index in [0.29, 0.717) is 51.0 Å². The molecule has 57 heavy (non-hydrogen) atoms. The van der Waals surface area contributed by atoms with E-state index >= 15 is 0 Å². The fourth-order valence-electron chi connectivity index (χ4n) is 7.69. The van der Waals surface area contributed by atoms with E-state index < -0.39 is 0 Å². The largest absolute Gasteiger partial charge is 0.497 e. The standard InChI is InChI=1S/C44H51N9O4/c1-49-19-21-50(22-20-49)40(54)16-11-32-5-4-6-36(27-32)53-18-17-39-41(47-44(48-42(39)53)51-23-25-57-26-24-51)35-28-45-43(46-29-35)52(30-33-7-12-37(55-2)13-8-33)31-34-9-14-38(56-3)15-10-34/h4-10,12-15,27-29H,11,16-26,30-31H2,1-3H3. The van der Waals surface area contributed by atoms with Crippen LogP contribution in [0.3, 0.4) is 0 Å². The van der Waals surface area contributed by atoms with Crippen LogP contribution in [-0.2, 0) is 35.5 Å². The average molecular weight is 770 g/mol. The van der Waals surface area contributed by atoms with Gasteiger partial charge in [0.05, 0.1) is 33.1 Å². The van der Waals surface area contributed by atoms with Crippen LogP contribution >= 0.6 is 0 Å². The van der Waals surface area contributed by atoms with Crippen LogP contribution in [0.25, 0.3) is 11.3 Å². The number of aryl methyl sites for hydroxylation is 1. The van der Waals surface area contributed by atoms with Crippen molar-refractivity contribution in [2.45, 2.75) is 32.4 Å². The molecule has 2 aromatic heterocycles. The lowest BCUT2D eigenvalue weighted by molar-refractivity contribution is -0.132. The molecule has 2 saturated heterocycles. The highest BCUT2D eigenvalue weighted by Crippen LogP contribution is 2.39. The molecule has 13 heteroatoms. The monoisotopic (exact) mass is 769 g/mol. The summed E-state index contributed by atoms with van der Waals surface area (Å²) < 4.78 is 16.5. The highest BCUT2D eigenvalue weighted by atomic mass is 16.5. The second-order valence-corrected chi connectivity index (χ2v) is 14.9. The quantitative estimate of drug-likeness (QED) is 0.153. The van der Waals surface area contributed by atoms with Gasteiger partial charge < -0.3 is 38.7 Å². The first-order valence-electron chi connectivity index (χ1n) is 19.8. The second kappa shape index (κ2) is 17.6. The maximum absolute atomic E-state index is 13.1. The van der Waals surface area contributed by atoms with Crippen molar-refractivity contribution < 1.29 is 19.0 Å². The minimum atomic E-state index is 0.227. The van der Waals surface area contributed by atoms with Gasteiger partial charge in [0.2, 0.25) is 17.8 Å². The number of hydrogen-bond donors (Lipinski definition) is 0. The summed E-state index contributed by atoms with van der Waals surface area (Å²) >= 11 is 0. The van der Waals surface area contributed by atoms with Crippen LogP contribution in [0.1, 0.15) is 28.7 Å². The fraction of sp³-hybridized carbons (Fsp3) is 0.386. The SMILES string of the molecule is COc1ccc(CN(Cc2ccc(OC)cc2)c2ncc(-c3nc(N4CCOCC4)nc4c3CCN4c3cccc(CCC(=O)N4CCN(C)CC4)c3)cn2)cc1. The van der Waals surface area contributed by atoms with Crippen LogP contribution in [0.4, 0.5) is 23.4 Å². The number of hydrogen-bond acceptors (Lipinski definition) is 12. The molecule has 3 aliphatic heterocycles. The average Bonchev–Trinajstić information content (AvgIpc) is 3.70. The number of carbonyl (C=O) groups excluding carboxylic acids is 1. The van der Waals surface area contributed by atoms with Crippen molar-refractivity contribution >= 4 is 29.3 Å². The smallest absolute Gasteiger partial charge is 0.228 e. The molecule has 5 aromatic rings. The van der Waals surface area contributed by atoms with Gasteiger partial charge in [-0.2, -0.15) is 4.98 Å². The number of carbonyl (C=O) groups is 1. The first-order valence-corrected chi connectivity index (χ1v) is 19.8. The van der Waals surface area contributed by atoms with E-state index in [2.05, 4.69) is 75.2 Å². The summed E-state index contributed by atoms with van der Waals surface area (Å²) in [5.41, 5.74) is 7.21. The Hall–Kier alpha value is -5.79. The number of amides is 1. The molecule has 0 aliphatic carbocycles. The van der Waals surface area contributed by atoms with Crippen LogP contribution in [-0.4, -0.2) is 116 Å². The topological polar surface area (TPSA) is 113 Å². The predicted octanol–water partition coefficient (Wildman–Crippen LogP) is 5.40. The molecule has 3 aliphatic rings. The summed E-state index contributed by atoms with van der Waals surface area (Å²) in [7, 11) is 5.46. The third kappa shape index (κ3) is 8.95. The molecule has 0 atom stereocenters. The van der Waals surface area contributed by atoms with Crippen molar-refractivity contribution in [1.29, 1.82) is 0 Å². The van der Waals surface area contributed by atoms with Crippen LogP contribution < -0.4 is 24.2 Å². The third-order valence-corrected chi connectivity index (χ3v) is 11.1. The van der Waals surface area contributed by atoms with E-state index in [1.807, 2.05) is 41.6 Å². The molecule has 0 radical (unpaired) electrons. The van der Waals surface area contributed by atoms with Crippen molar-refractivity contribution in [2.75, 3.05) is 95.0 Å². The lowest BCUT2D eigenvalue weighted by atomic mass is 10.1. The molecule has 2 fully saturated rings. The molecule has 0 saturated carbocycles. The Labute approximate surface area is 334 Å². The van der Waals surface area contributed by atoms with Crippen molar-refractivity contribution in [3.63, 3.8) is 0 Å². The zero-order valence-corrected chi connectivity index (χ0v) is 33.1. The van der Waals surface area contributed by atoms with Gasteiger partial charge in [-0.15, -0.1) is 0 Å². The van der Waals surface area contributed by atoms with Crippen molar-refractivity contribution in [1.82, 2.24) is 29.7 Å². The summed E-state index contributed by atoms with van der Waals surface area (Å²) in [6.45, 7) is 8.13. The third-order valence-electron chi connectivity index (χ3n) is 11.1. The Morgan fingerprint density at radius 2 is 1.42 bits per heavy atom. The van der Waals surface area contributed by atoms with E-state index in [0.717, 1.165) is 109 Å². The van der Waals surface area contributed by atoms with Gasteiger partial charge in [0.25, 0.3) is 0 Å². The lowest BCUT2D eigenvalue weighted by Crippen LogP contribution is -2.47. The van der Waals surface area contributed by atoms with Gasteiger partial charge in [0, 0.05) is 94.5 Å². The molecular weight excluding hydrogens is 719 g/mol. The Morgan fingerprint density at radius 3 is 2.05 bits per heavy atom. The maximum Gasteiger partial charge on any atom is 0.228 e. The van der Waals surface area contributed by atoms with Gasteiger partial charge >= 0.3 is 0 Å². The van der Waals surface area contributed by atoms with Gasteiger partial charge in [-0.1, -0.05) is 36.4 Å². The van der Waals surface area contributed by atoms with Gasteiger partial charge in [0.1, 0.15) is 17.3 Å². The molecule has 0 spiro atoms. The van der Waals surface area contributed by atoms with Gasteiger partial charge in [-0.3, -0.25) is 4.79 Å². The summed E-state index contributed by atoms with van der Waals surface area (Å²) in [5, 5.41) is 0. The number of benzene rings is 3. The summed E-state index contributed by atoms with van der Waals surface area (Å²) in [4.78, 5) is 44.3. The van der Waals surface area contributed by atoms with Gasteiger partial charge in [-0.25, -0.2) is 15.0 Å². The van der Waals surface area contributed by atoms with E-state index in [4.69, 9.17) is 34.1 Å². The summed E-state index contributed by atoms with van der Waals surface area (Å²) in [5.74, 6) is 4.05. The number of methoxy groups -OCH3 is 2. The van der Waals surface area contributed by atoms with Crippen molar-refractivity contribution in [3.8, 4) is 22.8 Å². The number of fused-ring (bicyclic) bond motifs is 1. The first kappa shape index (κ1) is 38.1. The number of ether oxygens (including phenoxy) is 3. The minimum Gasteiger partial charge on any atom is -0.497 e. The molecule has 0 unspecified atom stereocenters. The number of anilines is 4. The molecule has 0 bridgehead atoms. The van der Waals surface area contributed by atoms with E-state index in [9.17, 15) is 4.79 Å². The number of piperazine rings is 1. The fourth-order valence-corrected chi connectivity index (χ4v) is 7.69. The molecule has 0 N–H and O–H groups in total. The van der Waals surface area contributed by atoms with E-state index in [1.165, 1.54) is 0 Å². The number of rotatable bonds is 13. The number of aromatic nitrogens is 4. The Kier molecular flexibility index (Phi) is 11.7. The normalized spacial score (nSPS) is 15.7. The second-order valence-electron chi connectivity index (χ2n) is 14.9. The number of likely N-dealkylation sites (N-methyl/N-ethyl adjacent to an activating group) is 1. The molecule has 3 aromatic carbocycles. The number of nitrogens with zero attached hydrogens (tertiary/aromatic N) is 9. The van der Waals surface area contributed by atoms with E-state index in [-0.39, 0.29) is 5.91 Å². The highest BCUT2D eigenvalue weighted by Gasteiger charge is 2.30. The zero-order valence-electron chi connectivity index (χ0n) is 33.1. The molecule has 1 amide bonds. The van der Waals surface area contributed by atoms with Gasteiger partial charge in [0.15, 0.2) is 0 Å². The predicted molar refractivity (Wildman–Crippen MR) is 222 cm³/mol. The van der Waals surface area contributed by atoms with Crippen molar-refractivity contribution in [2.24, 2.45) is 0 Å². The van der Waals surface area contributed by atoms with Crippen LogP contribution in [0.2, 0.25) is 0 Å². The van der Waals surface area contributed by atoms with Crippen molar-refractivity contribution in [3.05, 3.63) is 107 Å². The highest BCUT2D eigenvalue weighted by molar-refractivity contribution is 5.78. The molecule has 8 rings (SSSR count). The first-order chi connectivity index (χ1) is 27.9. The Morgan fingerprint density at radius 1 is 0.772 bits per heavy atom. The van der Waals surface area contributed by atoms with Crippen LogP contribution in [0, 0.1) is 0 Å². The molecule has 5 heterocycles. The van der Waals surface area contributed by atoms with Crippen LogP contribution in [0.15, 0.2) is 85.2 Å². The maximum atomic E-state index is 13.1. The van der Waals surface area contributed by atoms with Gasteiger partial charge in [-0.05, 0) is 73.0 Å². The zero-order chi connectivity index (χ0) is 39.1. The Bertz CT molecular complexity index is 2070. The Balaban J connectivity index is 1.07. The molecule has 296 valence electrons. The summed E-state index contributed by atoms with van der Waals surface area (Å²) in [6.07, 6.45) is 5.77. The molecular formula is C44H51N9O4. The molecule has 13 nitrogen and oxygen atoms in total. The van der Waals surface area contributed by atoms with E-state index in [1.54, 1.807) is 14.2 Å². The number of morpholine rings is 1. The minimum absolute atomic E-state index is 0.227. The summed E-state index contributed by atoms with van der Waals surface area (Å²) in [6, 6.07) is 24.7. The lowest BCUT2D eigenvalue weighted by Gasteiger charge is -2.32.